The molecule has 2 aromatic heterocycles. The lowest BCUT2D eigenvalue weighted by atomic mass is 9.90. The summed E-state index contributed by atoms with van der Waals surface area (Å²) in [5.74, 6) is 0. The molecule has 0 saturated heterocycles. The van der Waals surface area contributed by atoms with Crippen molar-refractivity contribution in [3.05, 3.63) is 70.7 Å². The average molecular weight is 426 g/mol. The van der Waals surface area contributed by atoms with E-state index in [1.54, 1.807) is 24.5 Å². The lowest BCUT2D eigenvalue weighted by Gasteiger charge is -2.31. The van der Waals surface area contributed by atoms with Gasteiger partial charge < -0.3 is 10.6 Å². The van der Waals surface area contributed by atoms with Crippen molar-refractivity contribution < 1.29 is 0 Å². The molecule has 0 atom stereocenters. The number of nitrogens with zero attached hydrogens (tertiary/aromatic N) is 4. The van der Waals surface area contributed by atoms with Crippen LogP contribution in [0.1, 0.15) is 25.7 Å². The molecule has 0 bridgehead atoms. The number of nitrogens with one attached hydrogen (secondary N) is 2. The second-order valence-corrected chi connectivity index (χ2v) is 8.08. The van der Waals surface area contributed by atoms with Crippen LogP contribution in [0.2, 0.25) is 0 Å². The number of rotatable bonds is 6. The molecule has 0 unspecified atom stereocenters. The Balaban J connectivity index is 1.28. The van der Waals surface area contributed by atoms with Crippen LogP contribution < -0.4 is 10.6 Å². The van der Waals surface area contributed by atoms with E-state index in [1.165, 1.54) is 0 Å². The fraction of sp³-hybridized carbons (Fsp3) is 0.250. The normalized spacial score (nSPS) is 18.4. The lowest BCUT2D eigenvalue weighted by Crippen LogP contribution is -2.32. The summed E-state index contributed by atoms with van der Waals surface area (Å²) >= 11 is 0. The Morgan fingerprint density at radius 2 is 1.09 bits per heavy atom. The molecular formula is C24H22N6O2. The summed E-state index contributed by atoms with van der Waals surface area (Å²) in [5.41, 5.74) is 4.21. The summed E-state index contributed by atoms with van der Waals surface area (Å²) in [6.07, 6.45) is 7.45. The van der Waals surface area contributed by atoms with Gasteiger partial charge in [0.1, 0.15) is 11.4 Å². The van der Waals surface area contributed by atoms with Crippen molar-refractivity contribution in [3.63, 3.8) is 0 Å². The monoisotopic (exact) mass is 426 g/mol. The van der Waals surface area contributed by atoms with Crippen molar-refractivity contribution >= 4 is 44.6 Å². The van der Waals surface area contributed by atoms with Gasteiger partial charge >= 0.3 is 0 Å². The number of anilines is 2. The third-order valence-corrected chi connectivity index (χ3v) is 6.14. The molecule has 8 heteroatoms. The van der Waals surface area contributed by atoms with E-state index in [2.05, 4.69) is 31.0 Å². The second-order valence-electron chi connectivity index (χ2n) is 8.08. The smallest absolute Gasteiger partial charge is 0.117 e. The van der Waals surface area contributed by atoms with Gasteiger partial charge in [0.15, 0.2) is 0 Å². The quantitative estimate of drug-likeness (QED) is 0.345. The highest BCUT2D eigenvalue weighted by molar-refractivity contribution is 5.98. The molecule has 1 aliphatic rings. The number of hydrogen-bond donors (Lipinski definition) is 2. The van der Waals surface area contributed by atoms with Gasteiger partial charge in [0, 0.05) is 35.2 Å². The van der Waals surface area contributed by atoms with Crippen molar-refractivity contribution in [2.24, 2.45) is 10.4 Å². The summed E-state index contributed by atoms with van der Waals surface area (Å²) in [7, 11) is 0. The summed E-state index contributed by atoms with van der Waals surface area (Å²) in [5, 5.41) is 15.0. The molecular weight excluding hydrogens is 404 g/mol. The van der Waals surface area contributed by atoms with Crippen molar-refractivity contribution in [2.45, 2.75) is 37.8 Å². The molecule has 1 aliphatic carbocycles. The van der Waals surface area contributed by atoms with Gasteiger partial charge in [-0.25, -0.2) is 0 Å². The molecule has 8 nitrogen and oxygen atoms in total. The average Bonchev–Trinajstić information content (AvgIpc) is 2.85. The van der Waals surface area contributed by atoms with E-state index in [0.717, 1.165) is 58.9 Å². The molecule has 5 rings (SSSR count). The van der Waals surface area contributed by atoms with Crippen LogP contribution in [0.15, 0.2) is 71.3 Å². The van der Waals surface area contributed by atoms with Crippen molar-refractivity contribution in [3.8, 4) is 0 Å². The largest absolute Gasteiger partial charge is 0.381 e. The fourth-order valence-electron chi connectivity index (χ4n) is 4.53. The number of hydrogen-bond acceptors (Lipinski definition) is 8. The topological polar surface area (TPSA) is 109 Å². The first-order chi connectivity index (χ1) is 15.8. The summed E-state index contributed by atoms with van der Waals surface area (Å²) in [6, 6.07) is 15.3. The summed E-state index contributed by atoms with van der Waals surface area (Å²) < 4.78 is 0. The number of nitroso groups, excluding NO2 is 2. The van der Waals surface area contributed by atoms with Crippen LogP contribution in [0.4, 0.5) is 22.7 Å². The maximum absolute atomic E-state index is 11.1. The zero-order valence-corrected chi connectivity index (χ0v) is 17.4. The Bertz CT molecular complexity index is 1200. The first-order valence-corrected chi connectivity index (χ1v) is 10.7. The van der Waals surface area contributed by atoms with E-state index >= 15 is 0 Å². The molecule has 160 valence electrons. The Labute approximate surface area is 184 Å². The first-order valence-electron chi connectivity index (χ1n) is 10.7. The maximum Gasteiger partial charge on any atom is 0.117 e. The molecule has 0 aliphatic heterocycles. The molecule has 1 saturated carbocycles. The van der Waals surface area contributed by atoms with Crippen LogP contribution in [0.5, 0.6) is 0 Å². The molecule has 4 aromatic rings. The van der Waals surface area contributed by atoms with E-state index in [0.29, 0.717) is 23.5 Å². The minimum atomic E-state index is 0.324. The maximum atomic E-state index is 11.1. The van der Waals surface area contributed by atoms with Crippen LogP contribution in [-0.4, -0.2) is 22.1 Å². The minimum Gasteiger partial charge on any atom is -0.381 e. The third-order valence-electron chi connectivity index (χ3n) is 6.14. The van der Waals surface area contributed by atoms with Gasteiger partial charge in [0.05, 0.1) is 22.4 Å². The Hall–Kier alpha value is -3.94. The molecule has 2 heterocycles. The highest BCUT2D eigenvalue weighted by Gasteiger charge is 2.23. The van der Waals surface area contributed by atoms with E-state index < -0.39 is 0 Å². The van der Waals surface area contributed by atoms with Gasteiger partial charge in [0.2, 0.25) is 0 Å². The van der Waals surface area contributed by atoms with Crippen LogP contribution in [-0.2, 0) is 0 Å². The van der Waals surface area contributed by atoms with Crippen LogP contribution in [0.25, 0.3) is 21.8 Å². The predicted octanol–water partition coefficient (Wildman–Crippen LogP) is 6.41. The minimum absolute atomic E-state index is 0.324. The van der Waals surface area contributed by atoms with Crippen molar-refractivity contribution in [2.75, 3.05) is 10.6 Å². The van der Waals surface area contributed by atoms with Crippen molar-refractivity contribution in [1.29, 1.82) is 0 Å². The van der Waals surface area contributed by atoms with E-state index in [9.17, 15) is 9.81 Å². The molecule has 32 heavy (non-hydrogen) atoms. The van der Waals surface area contributed by atoms with Gasteiger partial charge in [-0.2, -0.15) is 0 Å². The first kappa shape index (κ1) is 20.0. The van der Waals surface area contributed by atoms with Crippen LogP contribution in [0, 0.1) is 9.81 Å². The Morgan fingerprint density at radius 3 is 1.50 bits per heavy atom. The fourth-order valence-corrected chi connectivity index (χ4v) is 4.53. The molecule has 2 aromatic carbocycles. The number of aromatic nitrogens is 2. The van der Waals surface area contributed by atoms with E-state index in [1.807, 2.05) is 36.4 Å². The van der Waals surface area contributed by atoms with Gasteiger partial charge in [-0.05, 0) is 84.6 Å². The highest BCUT2D eigenvalue weighted by Crippen LogP contribution is 2.34. The van der Waals surface area contributed by atoms with Gasteiger partial charge in [0.25, 0.3) is 0 Å². The molecule has 0 radical (unpaired) electrons. The molecule has 0 amide bonds. The standard InChI is InChI=1S/C24H22N6O2/c31-29-19-9-11-21(23-17(19)3-1-13-25-23)27-15-5-7-16(8-6-15)28-22-12-10-20(30-32)18-4-2-14-26-24(18)22/h1-4,9-16,27-28H,5-8H2. The highest BCUT2D eigenvalue weighted by atomic mass is 16.3. The SMILES string of the molecule is O=Nc1ccc(NC2CCC(Nc3ccc(N=O)c4cccnc34)CC2)c2ncccc12. The van der Waals surface area contributed by atoms with Crippen LogP contribution >= 0.6 is 0 Å². The molecule has 0 spiro atoms. The van der Waals surface area contributed by atoms with Gasteiger partial charge in [-0.1, -0.05) is 0 Å². The van der Waals surface area contributed by atoms with Crippen LogP contribution in [0.3, 0.4) is 0 Å². The third kappa shape index (κ3) is 3.75. The summed E-state index contributed by atoms with van der Waals surface area (Å²) in [6.45, 7) is 0. The lowest BCUT2D eigenvalue weighted by molar-refractivity contribution is 0.429. The zero-order valence-electron chi connectivity index (χ0n) is 17.4. The predicted molar refractivity (Wildman–Crippen MR) is 128 cm³/mol. The van der Waals surface area contributed by atoms with Gasteiger partial charge in [-0.15, -0.1) is 9.81 Å². The Morgan fingerprint density at radius 1 is 0.656 bits per heavy atom. The Kier molecular flexibility index (Phi) is 5.41. The summed E-state index contributed by atoms with van der Waals surface area (Å²) in [4.78, 5) is 31.1. The van der Waals surface area contributed by atoms with E-state index in [4.69, 9.17) is 0 Å². The number of benzene rings is 2. The zero-order chi connectivity index (χ0) is 21.9. The molecule has 1 fully saturated rings. The van der Waals surface area contributed by atoms with Gasteiger partial charge in [-0.3, -0.25) is 9.97 Å². The number of pyridine rings is 2. The second kappa shape index (κ2) is 8.66. The number of fused-ring (bicyclic) bond motifs is 2. The van der Waals surface area contributed by atoms with E-state index in [-0.39, 0.29) is 0 Å². The van der Waals surface area contributed by atoms with Crippen molar-refractivity contribution in [1.82, 2.24) is 9.97 Å². The molecule has 2 N–H and O–H groups in total.